The molecule has 0 unspecified atom stereocenters. The summed E-state index contributed by atoms with van der Waals surface area (Å²) in [6.45, 7) is 1.74. The zero-order chi connectivity index (χ0) is 14.2. The number of ether oxygens (including phenoxy) is 1. The number of esters is 1. The summed E-state index contributed by atoms with van der Waals surface area (Å²) in [5.74, 6) is -1.27. The Kier molecular flexibility index (Phi) is 3.57. The molecular weight excluding hydrogens is 316 g/mol. The summed E-state index contributed by atoms with van der Waals surface area (Å²) in [6.07, 6.45) is 1.50. The predicted molar refractivity (Wildman–Crippen MR) is 72.3 cm³/mol. The lowest BCUT2D eigenvalue weighted by Gasteiger charge is -2.11. The fourth-order valence-electron chi connectivity index (χ4n) is 1.82. The first-order chi connectivity index (χ1) is 8.99. The van der Waals surface area contributed by atoms with Crippen LogP contribution in [0.15, 0.2) is 21.7 Å². The minimum absolute atomic E-state index is 0.119. The van der Waals surface area contributed by atoms with Gasteiger partial charge in [-0.15, -0.1) is 0 Å². The van der Waals surface area contributed by atoms with Crippen LogP contribution in [0.1, 0.15) is 17.3 Å². The van der Waals surface area contributed by atoms with E-state index in [-0.39, 0.29) is 12.2 Å². The van der Waals surface area contributed by atoms with Gasteiger partial charge in [0.25, 0.3) is 5.56 Å². The van der Waals surface area contributed by atoms with Crippen LogP contribution in [0.2, 0.25) is 0 Å². The van der Waals surface area contributed by atoms with E-state index < -0.39 is 17.3 Å². The lowest BCUT2D eigenvalue weighted by atomic mass is 10.1. The number of aromatic hydroxyl groups is 1. The number of hydrogen-bond acceptors (Lipinski definition) is 5. The molecule has 2 heterocycles. The van der Waals surface area contributed by atoms with Crippen LogP contribution in [-0.4, -0.2) is 27.2 Å². The summed E-state index contributed by atoms with van der Waals surface area (Å²) in [5, 5.41) is 10.4. The highest BCUT2D eigenvalue weighted by atomic mass is 79.9. The largest absolute Gasteiger partial charge is 0.506 e. The Bertz CT molecular complexity index is 724. The van der Waals surface area contributed by atoms with Gasteiger partial charge in [0.1, 0.15) is 10.4 Å². The number of fused-ring (bicyclic) bond motifs is 1. The van der Waals surface area contributed by atoms with Crippen LogP contribution >= 0.6 is 15.9 Å². The summed E-state index contributed by atoms with van der Waals surface area (Å²) < 4.78 is 6.41. The van der Waals surface area contributed by atoms with Gasteiger partial charge >= 0.3 is 5.97 Å². The van der Waals surface area contributed by atoms with Crippen molar-refractivity contribution >= 4 is 32.8 Å². The van der Waals surface area contributed by atoms with Crippen molar-refractivity contribution in [2.24, 2.45) is 7.05 Å². The first kappa shape index (κ1) is 13.5. The van der Waals surface area contributed by atoms with Gasteiger partial charge in [-0.05, 0) is 28.9 Å². The zero-order valence-electron chi connectivity index (χ0n) is 10.3. The Morgan fingerprint density at radius 2 is 2.26 bits per heavy atom. The van der Waals surface area contributed by atoms with Crippen molar-refractivity contribution in [3.63, 3.8) is 0 Å². The van der Waals surface area contributed by atoms with Crippen LogP contribution in [0.3, 0.4) is 0 Å². The quantitative estimate of drug-likeness (QED) is 0.669. The van der Waals surface area contributed by atoms with E-state index in [9.17, 15) is 14.7 Å². The molecule has 0 aliphatic heterocycles. The molecule has 0 radical (unpaired) electrons. The SMILES string of the molecule is CCOC(=O)c1c(O)c2c(Br)nccc2n(C)c1=O. The third kappa shape index (κ3) is 2.10. The maximum Gasteiger partial charge on any atom is 0.347 e. The molecule has 0 aliphatic carbocycles. The summed E-state index contributed by atoms with van der Waals surface area (Å²) in [6, 6.07) is 1.58. The maximum absolute atomic E-state index is 12.1. The molecule has 2 aromatic heterocycles. The summed E-state index contributed by atoms with van der Waals surface area (Å²) in [4.78, 5) is 27.8. The van der Waals surface area contributed by atoms with Crippen LogP contribution in [0.5, 0.6) is 5.75 Å². The Labute approximate surface area is 116 Å². The van der Waals surface area contributed by atoms with Crippen molar-refractivity contribution in [2.45, 2.75) is 6.92 Å². The second-order valence-corrected chi connectivity index (χ2v) is 4.56. The monoisotopic (exact) mass is 326 g/mol. The van der Waals surface area contributed by atoms with E-state index in [2.05, 4.69) is 20.9 Å². The molecule has 0 saturated heterocycles. The number of nitrogens with zero attached hydrogens (tertiary/aromatic N) is 2. The van der Waals surface area contributed by atoms with E-state index in [0.717, 1.165) is 0 Å². The normalized spacial score (nSPS) is 10.7. The second kappa shape index (κ2) is 5.00. The fourth-order valence-corrected chi connectivity index (χ4v) is 2.33. The topological polar surface area (TPSA) is 81.4 Å². The van der Waals surface area contributed by atoms with E-state index in [0.29, 0.717) is 15.5 Å². The van der Waals surface area contributed by atoms with Gasteiger partial charge in [0.15, 0.2) is 5.56 Å². The van der Waals surface area contributed by atoms with E-state index >= 15 is 0 Å². The number of halogens is 1. The van der Waals surface area contributed by atoms with Gasteiger partial charge in [-0.1, -0.05) is 0 Å². The molecule has 2 rings (SSSR count). The highest BCUT2D eigenvalue weighted by Crippen LogP contribution is 2.31. The fraction of sp³-hybridized carbons (Fsp3) is 0.250. The Morgan fingerprint density at radius 3 is 2.89 bits per heavy atom. The van der Waals surface area contributed by atoms with Crippen LogP contribution in [0.25, 0.3) is 10.9 Å². The predicted octanol–water partition coefficient (Wildman–Crippen LogP) is 1.58. The minimum atomic E-state index is -0.849. The number of aromatic nitrogens is 2. The molecule has 0 atom stereocenters. The first-order valence-electron chi connectivity index (χ1n) is 5.52. The molecule has 1 N–H and O–H groups in total. The third-order valence-corrected chi connectivity index (χ3v) is 3.32. The van der Waals surface area contributed by atoms with Gasteiger partial charge in [-0.3, -0.25) is 4.79 Å². The van der Waals surface area contributed by atoms with Gasteiger partial charge in [0, 0.05) is 13.2 Å². The lowest BCUT2D eigenvalue weighted by molar-refractivity contribution is 0.0520. The molecular formula is C12H11BrN2O4. The summed E-state index contributed by atoms with van der Waals surface area (Å²) in [7, 11) is 1.51. The summed E-state index contributed by atoms with van der Waals surface area (Å²) >= 11 is 3.19. The lowest BCUT2D eigenvalue weighted by Crippen LogP contribution is -2.26. The van der Waals surface area contributed by atoms with Crippen molar-refractivity contribution in [1.29, 1.82) is 0 Å². The molecule has 0 saturated carbocycles. The van der Waals surface area contributed by atoms with Crippen LogP contribution in [0, 0.1) is 0 Å². The molecule has 0 spiro atoms. The molecule has 0 bridgehead atoms. The molecule has 2 aromatic rings. The van der Waals surface area contributed by atoms with Crippen LogP contribution in [0.4, 0.5) is 0 Å². The molecule has 6 nitrogen and oxygen atoms in total. The standard InChI is InChI=1S/C12H11BrN2O4/c1-3-19-12(18)8-9(16)7-6(15(2)11(8)17)4-5-14-10(7)13/h4-5,16H,3H2,1-2H3. The molecule has 0 amide bonds. The Morgan fingerprint density at radius 1 is 1.58 bits per heavy atom. The van der Waals surface area contributed by atoms with Gasteiger partial charge in [0.2, 0.25) is 0 Å². The van der Waals surface area contributed by atoms with Crippen LogP contribution < -0.4 is 5.56 Å². The van der Waals surface area contributed by atoms with Crippen LogP contribution in [-0.2, 0) is 11.8 Å². The molecule has 7 heteroatoms. The number of pyridine rings is 2. The molecule has 0 fully saturated rings. The minimum Gasteiger partial charge on any atom is -0.506 e. The van der Waals surface area contributed by atoms with E-state index in [1.54, 1.807) is 13.0 Å². The van der Waals surface area contributed by atoms with E-state index in [4.69, 9.17) is 4.74 Å². The maximum atomic E-state index is 12.1. The third-order valence-electron chi connectivity index (χ3n) is 2.72. The zero-order valence-corrected chi connectivity index (χ0v) is 11.9. The Balaban J connectivity index is 2.91. The average molecular weight is 327 g/mol. The van der Waals surface area contributed by atoms with Gasteiger partial charge in [-0.2, -0.15) is 0 Å². The first-order valence-corrected chi connectivity index (χ1v) is 6.31. The van der Waals surface area contributed by atoms with Crippen molar-refractivity contribution in [3.05, 3.63) is 32.8 Å². The average Bonchev–Trinajstić information content (AvgIpc) is 2.36. The van der Waals surface area contributed by atoms with Gasteiger partial charge in [0.05, 0.1) is 17.5 Å². The van der Waals surface area contributed by atoms with Crippen molar-refractivity contribution < 1.29 is 14.6 Å². The molecule has 0 aliphatic rings. The number of carbonyl (C=O) groups excluding carboxylic acids is 1. The smallest absolute Gasteiger partial charge is 0.347 e. The van der Waals surface area contributed by atoms with Crippen molar-refractivity contribution in [2.75, 3.05) is 6.61 Å². The van der Waals surface area contributed by atoms with Gasteiger partial charge < -0.3 is 14.4 Å². The molecule has 100 valence electrons. The van der Waals surface area contributed by atoms with Crippen molar-refractivity contribution in [1.82, 2.24) is 9.55 Å². The van der Waals surface area contributed by atoms with Gasteiger partial charge in [-0.25, -0.2) is 9.78 Å². The van der Waals surface area contributed by atoms with Crippen molar-refractivity contribution in [3.8, 4) is 5.75 Å². The second-order valence-electron chi connectivity index (χ2n) is 3.80. The van der Waals surface area contributed by atoms with E-state index in [1.165, 1.54) is 17.8 Å². The highest BCUT2D eigenvalue weighted by Gasteiger charge is 2.23. The number of aryl methyl sites for hydroxylation is 1. The highest BCUT2D eigenvalue weighted by molar-refractivity contribution is 9.10. The number of rotatable bonds is 2. The number of carbonyl (C=O) groups is 1. The summed E-state index contributed by atoms with van der Waals surface area (Å²) in [5.41, 5.74) is -0.524. The molecule has 0 aromatic carbocycles. The van der Waals surface area contributed by atoms with E-state index in [1.807, 2.05) is 0 Å². The number of hydrogen-bond donors (Lipinski definition) is 1. The Hall–Kier alpha value is -1.89. The molecule has 19 heavy (non-hydrogen) atoms.